The summed E-state index contributed by atoms with van der Waals surface area (Å²) < 4.78 is 0. The van der Waals surface area contributed by atoms with E-state index in [9.17, 15) is 0 Å². The first kappa shape index (κ1) is 10.7. The molecule has 14 heavy (non-hydrogen) atoms. The Morgan fingerprint density at radius 1 is 1.07 bits per heavy atom. The molecular weight excluding hydrogens is 172 g/mol. The van der Waals surface area contributed by atoms with Gasteiger partial charge in [-0.15, -0.1) is 0 Å². The summed E-state index contributed by atoms with van der Waals surface area (Å²) in [6.07, 6.45) is 0. The SMILES string of the molecule is Cc1cc(C)nc(C#CC(C)(C)C)n1. The Hall–Kier alpha value is -1.36. The largest absolute Gasteiger partial charge is 0.226 e. The number of nitrogens with zero attached hydrogens (tertiary/aromatic N) is 2. The molecule has 1 heterocycles. The number of hydrogen-bond donors (Lipinski definition) is 0. The quantitative estimate of drug-likeness (QED) is 0.584. The monoisotopic (exact) mass is 188 g/mol. The fraction of sp³-hybridized carbons (Fsp3) is 0.500. The lowest BCUT2D eigenvalue weighted by molar-refractivity contribution is 0.570. The minimum Gasteiger partial charge on any atom is -0.226 e. The molecule has 0 saturated carbocycles. The Morgan fingerprint density at radius 2 is 1.57 bits per heavy atom. The van der Waals surface area contributed by atoms with E-state index >= 15 is 0 Å². The first-order valence-electron chi connectivity index (χ1n) is 4.72. The molecule has 74 valence electrons. The summed E-state index contributed by atoms with van der Waals surface area (Å²) in [5.41, 5.74) is 1.94. The molecule has 2 nitrogen and oxygen atoms in total. The first-order chi connectivity index (χ1) is 6.37. The second-order valence-electron chi connectivity index (χ2n) is 4.47. The second kappa shape index (κ2) is 3.79. The van der Waals surface area contributed by atoms with E-state index < -0.39 is 0 Å². The Labute approximate surface area is 85.8 Å². The number of aryl methyl sites for hydroxylation is 2. The lowest BCUT2D eigenvalue weighted by Crippen LogP contribution is -2.01. The molecule has 0 N–H and O–H groups in total. The van der Waals surface area contributed by atoms with Gasteiger partial charge in [-0.25, -0.2) is 9.97 Å². The van der Waals surface area contributed by atoms with Gasteiger partial charge in [0.25, 0.3) is 0 Å². The van der Waals surface area contributed by atoms with Gasteiger partial charge in [-0.05, 0) is 46.6 Å². The van der Waals surface area contributed by atoms with E-state index in [2.05, 4.69) is 42.6 Å². The van der Waals surface area contributed by atoms with Gasteiger partial charge in [0.15, 0.2) is 0 Å². The van der Waals surface area contributed by atoms with Crippen LogP contribution in [0.15, 0.2) is 6.07 Å². The van der Waals surface area contributed by atoms with Gasteiger partial charge in [0.2, 0.25) is 5.82 Å². The Morgan fingerprint density at radius 3 is 2.00 bits per heavy atom. The molecule has 1 aromatic rings. The maximum Gasteiger partial charge on any atom is 0.205 e. The number of hydrogen-bond acceptors (Lipinski definition) is 2. The van der Waals surface area contributed by atoms with Crippen molar-refractivity contribution in [2.24, 2.45) is 5.41 Å². The molecule has 0 aliphatic heterocycles. The van der Waals surface area contributed by atoms with Gasteiger partial charge in [0, 0.05) is 16.8 Å². The van der Waals surface area contributed by atoms with E-state index in [1.165, 1.54) is 0 Å². The molecule has 0 fully saturated rings. The molecular formula is C12H16N2. The third kappa shape index (κ3) is 3.57. The molecule has 0 bridgehead atoms. The molecule has 0 aliphatic rings. The van der Waals surface area contributed by atoms with Gasteiger partial charge in [-0.3, -0.25) is 0 Å². The van der Waals surface area contributed by atoms with Crippen molar-refractivity contribution in [2.75, 3.05) is 0 Å². The van der Waals surface area contributed by atoms with E-state index in [1.54, 1.807) is 0 Å². The summed E-state index contributed by atoms with van der Waals surface area (Å²) in [6.45, 7) is 10.1. The molecule has 2 heteroatoms. The van der Waals surface area contributed by atoms with Crippen molar-refractivity contribution in [3.05, 3.63) is 23.3 Å². The van der Waals surface area contributed by atoms with Crippen LogP contribution in [0.2, 0.25) is 0 Å². The van der Waals surface area contributed by atoms with E-state index in [1.807, 2.05) is 19.9 Å². The van der Waals surface area contributed by atoms with Crippen LogP contribution in [0.4, 0.5) is 0 Å². The number of aromatic nitrogens is 2. The highest BCUT2D eigenvalue weighted by atomic mass is 14.9. The van der Waals surface area contributed by atoms with Gasteiger partial charge in [-0.2, -0.15) is 0 Å². The topological polar surface area (TPSA) is 25.8 Å². The van der Waals surface area contributed by atoms with Crippen molar-refractivity contribution >= 4 is 0 Å². The van der Waals surface area contributed by atoms with Crippen LogP contribution in [0.1, 0.15) is 38.0 Å². The summed E-state index contributed by atoms with van der Waals surface area (Å²) in [5.74, 6) is 6.73. The molecule has 0 saturated heterocycles. The van der Waals surface area contributed by atoms with Gasteiger partial charge >= 0.3 is 0 Å². The fourth-order valence-electron chi connectivity index (χ4n) is 1.03. The second-order valence-corrected chi connectivity index (χ2v) is 4.47. The minimum absolute atomic E-state index is 0.00100. The molecule has 0 unspecified atom stereocenters. The highest BCUT2D eigenvalue weighted by Crippen LogP contribution is 2.10. The van der Waals surface area contributed by atoms with Crippen molar-refractivity contribution in [3.8, 4) is 11.8 Å². The van der Waals surface area contributed by atoms with Crippen molar-refractivity contribution in [1.29, 1.82) is 0 Å². The van der Waals surface area contributed by atoms with Gasteiger partial charge < -0.3 is 0 Å². The highest BCUT2D eigenvalue weighted by Gasteiger charge is 2.04. The molecule has 1 aromatic heterocycles. The Balaban J connectivity index is 3.02. The molecule has 0 aromatic carbocycles. The maximum absolute atomic E-state index is 4.25. The van der Waals surface area contributed by atoms with Crippen LogP contribution in [0, 0.1) is 31.1 Å². The van der Waals surface area contributed by atoms with Crippen LogP contribution in [0.3, 0.4) is 0 Å². The summed E-state index contributed by atoms with van der Waals surface area (Å²) in [7, 11) is 0. The third-order valence-corrected chi connectivity index (χ3v) is 1.53. The molecule has 0 aliphatic carbocycles. The van der Waals surface area contributed by atoms with Crippen molar-refractivity contribution in [2.45, 2.75) is 34.6 Å². The van der Waals surface area contributed by atoms with Crippen LogP contribution in [-0.2, 0) is 0 Å². The lowest BCUT2D eigenvalue weighted by Gasteiger charge is -2.06. The maximum atomic E-state index is 4.25. The molecule has 0 atom stereocenters. The van der Waals surface area contributed by atoms with Crippen LogP contribution < -0.4 is 0 Å². The molecule has 0 spiro atoms. The van der Waals surface area contributed by atoms with E-state index in [0.717, 1.165) is 11.4 Å². The zero-order chi connectivity index (χ0) is 10.8. The van der Waals surface area contributed by atoms with Crippen molar-refractivity contribution in [1.82, 2.24) is 9.97 Å². The Bertz CT molecular complexity index is 369. The number of rotatable bonds is 0. The highest BCUT2D eigenvalue weighted by molar-refractivity contribution is 5.25. The molecule has 0 amide bonds. The first-order valence-corrected chi connectivity index (χ1v) is 4.72. The predicted molar refractivity (Wildman–Crippen MR) is 57.8 cm³/mol. The Kier molecular flexibility index (Phi) is 2.90. The van der Waals surface area contributed by atoms with E-state index in [0.29, 0.717) is 5.82 Å². The zero-order valence-corrected chi connectivity index (χ0v) is 9.47. The standard InChI is InChI=1S/C12H16N2/c1-9-8-10(2)14-11(13-9)6-7-12(3,4)5/h8H,1-5H3. The van der Waals surface area contributed by atoms with Gasteiger partial charge in [0.1, 0.15) is 0 Å². The van der Waals surface area contributed by atoms with Crippen molar-refractivity contribution < 1.29 is 0 Å². The van der Waals surface area contributed by atoms with E-state index in [4.69, 9.17) is 0 Å². The van der Waals surface area contributed by atoms with Crippen LogP contribution in [0.25, 0.3) is 0 Å². The van der Waals surface area contributed by atoms with E-state index in [-0.39, 0.29) is 5.41 Å². The fourth-order valence-corrected chi connectivity index (χ4v) is 1.03. The van der Waals surface area contributed by atoms with Crippen LogP contribution >= 0.6 is 0 Å². The van der Waals surface area contributed by atoms with Crippen LogP contribution in [0.5, 0.6) is 0 Å². The minimum atomic E-state index is 0.00100. The molecule has 0 radical (unpaired) electrons. The predicted octanol–water partition coefficient (Wildman–Crippen LogP) is 2.49. The summed E-state index contributed by atoms with van der Waals surface area (Å²) >= 11 is 0. The van der Waals surface area contributed by atoms with Gasteiger partial charge in [0.05, 0.1) is 0 Å². The smallest absolute Gasteiger partial charge is 0.205 e. The summed E-state index contributed by atoms with van der Waals surface area (Å²) in [5, 5.41) is 0. The van der Waals surface area contributed by atoms with Crippen molar-refractivity contribution in [3.63, 3.8) is 0 Å². The molecule has 1 rings (SSSR count). The van der Waals surface area contributed by atoms with Crippen LogP contribution in [-0.4, -0.2) is 9.97 Å². The van der Waals surface area contributed by atoms with Gasteiger partial charge in [-0.1, -0.05) is 5.92 Å². The average Bonchev–Trinajstić information content (AvgIpc) is 1.97. The normalized spacial score (nSPS) is 10.6. The third-order valence-electron chi connectivity index (χ3n) is 1.53. The summed E-state index contributed by atoms with van der Waals surface area (Å²) in [6, 6.07) is 1.95. The average molecular weight is 188 g/mol. The lowest BCUT2D eigenvalue weighted by atomic mass is 9.98. The zero-order valence-electron chi connectivity index (χ0n) is 9.47. The summed E-state index contributed by atoms with van der Waals surface area (Å²) in [4.78, 5) is 8.50.